The average Bonchev–Trinajstić information content (AvgIpc) is 3.17. The average molecular weight is 455 g/mol. The molecule has 186 valence electrons. The minimum atomic E-state index is -0.0292. The lowest BCUT2D eigenvalue weighted by atomic mass is 9.44. The molecular weight excluding hydrogens is 404 g/mol. The molecule has 3 nitrogen and oxygen atoms in total. The number of fused-ring (bicyclic) bond motifs is 5. The second-order valence-corrected chi connectivity index (χ2v) is 12.5. The topological polar surface area (TPSA) is 46.0 Å². The fourth-order valence-corrected chi connectivity index (χ4v) is 9.34. The molecule has 1 heterocycles. The number of aliphatic hydroxyl groups is 1. The van der Waals surface area contributed by atoms with E-state index >= 15 is 0 Å². The van der Waals surface area contributed by atoms with Crippen molar-refractivity contribution in [2.45, 2.75) is 118 Å². The quantitative estimate of drug-likeness (QED) is 0.515. The largest absolute Gasteiger partial charge is 0.393 e. The van der Waals surface area contributed by atoms with Crippen molar-refractivity contribution < 1.29 is 5.11 Å². The van der Waals surface area contributed by atoms with Crippen molar-refractivity contribution in [3.63, 3.8) is 0 Å². The van der Waals surface area contributed by atoms with Gasteiger partial charge in [0.25, 0.3) is 0 Å². The molecule has 1 aromatic heterocycles. The summed E-state index contributed by atoms with van der Waals surface area (Å²) in [7, 11) is 0. The number of aromatic nitrogens is 2. The Morgan fingerprint density at radius 1 is 0.939 bits per heavy atom. The van der Waals surface area contributed by atoms with E-state index < -0.39 is 0 Å². The summed E-state index contributed by atoms with van der Waals surface area (Å²) in [6.07, 6.45) is 18.1. The van der Waals surface area contributed by atoms with Crippen LogP contribution in [0.25, 0.3) is 0 Å². The number of aryl methyl sites for hydroxylation is 2. The summed E-state index contributed by atoms with van der Waals surface area (Å²) in [6, 6.07) is 0. The van der Waals surface area contributed by atoms with Crippen molar-refractivity contribution in [1.29, 1.82) is 0 Å². The van der Waals surface area contributed by atoms with E-state index in [4.69, 9.17) is 0 Å². The van der Waals surface area contributed by atoms with Gasteiger partial charge >= 0.3 is 0 Å². The van der Waals surface area contributed by atoms with E-state index in [2.05, 4.69) is 30.7 Å². The van der Waals surface area contributed by atoms with Crippen LogP contribution < -0.4 is 0 Å². The monoisotopic (exact) mass is 454 g/mol. The smallest absolute Gasteiger partial charge is 0.0587 e. The van der Waals surface area contributed by atoms with Crippen LogP contribution in [0.4, 0.5) is 0 Å². The first-order chi connectivity index (χ1) is 15.8. The van der Waals surface area contributed by atoms with Gasteiger partial charge in [0.1, 0.15) is 0 Å². The molecule has 33 heavy (non-hydrogen) atoms. The van der Waals surface area contributed by atoms with Crippen LogP contribution in [0.2, 0.25) is 0 Å². The van der Waals surface area contributed by atoms with Gasteiger partial charge in [0.2, 0.25) is 0 Å². The molecule has 4 aliphatic carbocycles. The summed E-state index contributed by atoms with van der Waals surface area (Å²) < 4.78 is 0. The third kappa shape index (κ3) is 4.53. The van der Waals surface area contributed by atoms with Gasteiger partial charge in [0.05, 0.1) is 17.5 Å². The molecule has 0 radical (unpaired) electrons. The van der Waals surface area contributed by atoms with Gasteiger partial charge in [0, 0.05) is 12.4 Å². The molecule has 5 rings (SSSR count). The Bertz CT molecular complexity index is 778. The summed E-state index contributed by atoms with van der Waals surface area (Å²) in [5.74, 6) is 5.20. The van der Waals surface area contributed by atoms with Crippen LogP contribution in [0.15, 0.2) is 12.4 Å². The molecule has 0 amide bonds. The van der Waals surface area contributed by atoms with Gasteiger partial charge in [-0.2, -0.15) is 0 Å². The molecular formula is C30H50N2O. The molecule has 4 fully saturated rings. The third-order valence-electron chi connectivity index (χ3n) is 11.1. The zero-order valence-electron chi connectivity index (χ0n) is 22.3. The molecule has 0 aliphatic heterocycles. The van der Waals surface area contributed by atoms with Crippen LogP contribution in [-0.2, 0) is 6.42 Å². The van der Waals surface area contributed by atoms with Crippen molar-refractivity contribution in [3.8, 4) is 0 Å². The molecule has 9 atom stereocenters. The summed E-state index contributed by atoms with van der Waals surface area (Å²) in [5.41, 5.74) is 3.20. The molecule has 0 aromatic carbocycles. The first-order valence-corrected chi connectivity index (χ1v) is 14.3. The van der Waals surface area contributed by atoms with E-state index in [9.17, 15) is 5.11 Å². The maximum atomic E-state index is 10.3. The molecule has 3 heteroatoms. The van der Waals surface area contributed by atoms with Crippen LogP contribution in [0, 0.1) is 53.3 Å². The first-order valence-electron chi connectivity index (χ1n) is 14.3. The van der Waals surface area contributed by atoms with Gasteiger partial charge in [0.15, 0.2) is 0 Å². The van der Waals surface area contributed by atoms with Gasteiger partial charge in [-0.1, -0.05) is 34.6 Å². The van der Waals surface area contributed by atoms with Gasteiger partial charge in [-0.15, -0.1) is 0 Å². The van der Waals surface area contributed by atoms with E-state index in [-0.39, 0.29) is 6.10 Å². The predicted octanol–water partition coefficient (Wildman–Crippen LogP) is 7.40. The molecule has 0 bridgehead atoms. The lowest BCUT2D eigenvalue weighted by molar-refractivity contribution is -0.129. The SMILES string of the molecule is CC.Cc1cnc(CCC(C)C2CCC3C4CCC5CC(O)CCC5(C)C4CC[C@]23C)cn1. The van der Waals surface area contributed by atoms with Gasteiger partial charge < -0.3 is 5.11 Å². The van der Waals surface area contributed by atoms with Crippen molar-refractivity contribution in [2.75, 3.05) is 0 Å². The van der Waals surface area contributed by atoms with Crippen molar-refractivity contribution in [2.24, 2.45) is 46.3 Å². The van der Waals surface area contributed by atoms with Crippen LogP contribution in [0.3, 0.4) is 0 Å². The number of aliphatic hydroxyl groups excluding tert-OH is 1. The van der Waals surface area contributed by atoms with Crippen LogP contribution in [-0.4, -0.2) is 21.2 Å². The minimum Gasteiger partial charge on any atom is -0.393 e. The minimum absolute atomic E-state index is 0.0292. The van der Waals surface area contributed by atoms with Gasteiger partial charge in [-0.25, -0.2) is 0 Å². The van der Waals surface area contributed by atoms with Crippen molar-refractivity contribution >= 4 is 0 Å². The van der Waals surface area contributed by atoms with E-state index in [1.165, 1.54) is 51.4 Å². The fraction of sp³-hybridized carbons (Fsp3) is 0.867. The number of nitrogens with zero attached hydrogens (tertiary/aromatic N) is 2. The molecule has 4 aliphatic rings. The molecule has 0 saturated heterocycles. The highest BCUT2D eigenvalue weighted by molar-refractivity contribution is 5.10. The fourth-order valence-electron chi connectivity index (χ4n) is 9.34. The van der Waals surface area contributed by atoms with Crippen LogP contribution in [0.1, 0.15) is 110 Å². The van der Waals surface area contributed by atoms with Crippen molar-refractivity contribution in [3.05, 3.63) is 23.8 Å². The third-order valence-corrected chi connectivity index (χ3v) is 11.1. The summed E-state index contributed by atoms with van der Waals surface area (Å²) >= 11 is 0. The maximum Gasteiger partial charge on any atom is 0.0587 e. The maximum absolute atomic E-state index is 10.3. The molecule has 1 aromatic rings. The normalized spacial score (nSPS) is 42.9. The standard InChI is InChI=1S/C28H44N2O.C2H6/c1-18(5-7-21-17-29-19(2)16-30-21)24-9-10-25-23-8-6-20-15-22(31)11-13-27(20,3)26(23)12-14-28(24,25)4;1-2/h16-18,20,22-26,31H,5-15H2,1-4H3;1-2H3/t18?,20?,22?,23?,24?,25?,26?,27?,28-;/m1./s1. The van der Waals surface area contributed by atoms with E-state index in [0.29, 0.717) is 10.8 Å². The Morgan fingerprint density at radius 3 is 2.39 bits per heavy atom. The van der Waals surface area contributed by atoms with Crippen LogP contribution in [0.5, 0.6) is 0 Å². The molecule has 8 unspecified atom stereocenters. The highest BCUT2D eigenvalue weighted by Crippen LogP contribution is 2.68. The Labute approximate surface area is 203 Å². The van der Waals surface area contributed by atoms with Gasteiger partial charge in [-0.05, 0) is 124 Å². The first kappa shape index (κ1) is 25.1. The number of hydrogen-bond acceptors (Lipinski definition) is 3. The lowest BCUT2D eigenvalue weighted by Crippen LogP contribution is -2.54. The second-order valence-electron chi connectivity index (χ2n) is 12.5. The van der Waals surface area contributed by atoms with Crippen LogP contribution >= 0.6 is 0 Å². The van der Waals surface area contributed by atoms with E-state index in [1.54, 1.807) is 0 Å². The molecule has 0 spiro atoms. The Morgan fingerprint density at radius 2 is 1.67 bits per heavy atom. The number of hydrogen-bond donors (Lipinski definition) is 1. The molecule has 1 N–H and O–H groups in total. The van der Waals surface area contributed by atoms with Gasteiger partial charge in [-0.3, -0.25) is 9.97 Å². The summed E-state index contributed by atoms with van der Waals surface area (Å²) in [4.78, 5) is 9.05. The van der Waals surface area contributed by atoms with E-state index in [0.717, 1.165) is 66.2 Å². The molecule has 4 saturated carbocycles. The summed E-state index contributed by atoms with van der Waals surface area (Å²) in [5, 5.41) is 10.3. The Hall–Kier alpha value is -0.960. The highest BCUT2D eigenvalue weighted by atomic mass is 16.3. The zero-order valence-corrected chi connectivity index (χ0v) is 22.3. The zero-order chi connectivity index (χ0) is 23.8. The summed E-state index contributed by atoms with van der Waals surface area (Å²) in [6.45, 7) is 13.8. The van der Waals surface area contributed by atoms with Crippen molar-refractivity contribution in [1.82, 2.24) is 9.97 Å². The number of rotatable bonds is 4. The van der Waals surface area contributed by atoms with E-state index in [1.807, 2.05) is 33.2 Å². The highest BCUT2D eigenvalue weighted by Gasteiger charge is 2.60. The second kappa shape index (κ2) is 9.96. The Kier molecular flexibility index (Phi) is 7.59. The lowest BCUT2D eigenvalue weighted by Gasteiger charge is -2.61. The Balaban J connectivity index is 0.00000126. The predicted molar refractivity (Wildman–Crippen MR) is 137 cm³/mol.